The summed E-state index contributed by atoms with van der Waals surface area (Å²) in [6.45, 7) is 2.64. The third-order valence-corrected chi connectivity index (χ3v) is 2.96. The maximum atomic E-state index is 4.43. The third kappa shape index (κ3) is 2.72. The number of hydrogen-bond acceptors (Lipinski definition) is 5. The van der Waals surface area contributed by atoms with Crippen LogP contribution in [0.2, 0.25) is 0 Å². The van der Waals surface area contributed by atoms with E-state index in [1.807, 2.05) is 37.3 Å². The fourth-order valence-electron chi connectivity index (χ4n) is 1.84. The number of aromatic amines is 1. The molecule has 0 aliphatic carbocycles. The molecule has 0 spiro atoms. The molecule has 7 heteroatoms. The molecule has 1 aromatic carbocycles. The van der Waals surface area contributed by atoms with Gasteiger partial charge in [0.25, 0.3) is 0 Å². The smallest absolute Gasteiger partial charge is 0.141 e. The summed E-state index contributed by atoms with van der Waals surface area (Å²) in [5, 5.41) is 18.7. The first kappa shape index (κ1) is 12.5. The summed E-state index contributed by atoms with van der Waals surface area (Å²) in [5.41, 5.74) is 1.82. The van der Waals surface area contributed by atoms with Crippen molar-refractivity contribution >= 4 is 0 Å². The lowest BCUT2D eigenvalue weighted by atomic mass is 10.3. The lowest BCUT2D eigenvalue weighted by Crippen LogP contribution is -2.19. The molecule has 102 valence electrons. The number of aromatic nitrogens is 6. The highest BCUT2D eigenvalue weighted by Gasteiger charge is 2.09. The van der Waals surface area contributed by atoms with Crippen molar-refractivity contribution in [3.63, 3.8) is 0 Å². The van der Waals surface area contributed by atoms with E-state index in [1.54, 1.807) is 11.0 Å². The van der Waals surface area contributed by atoms with Gasteiger partial charge in [-0.3, -0.25) is 5.10 Å². The lowest BCUT2D eigenvalue weighted by molar-refractivity contribution is 0.539. The van der Waals surface area contributed by atoms with Gasteiger partial charge >= 0.3 is 0 Å². The number of nitrogens with zero attached hydrogens (tertiary/aromatic N) is 5. The first-order valence-corrected chi connectivity index (χ1v) is 6.38. The minimum absolute atomic E-state index is 0.0828. The molecule has 2 heterocycles. The van der Waals surface area contributed by atoms with Crippen LogP contribution in [-0.4, -0.2) is 30.2 Å². The first-order chi connectivity index (χ1) is 9.83. The van der Waals surface area contributed by atoms with Crippen LogP contribution in [0, 0.1) is 0 Å². The normalized spacial score (nSPS) is 12.4. The molecule has 0 aliphatic heterocycles. The van der Waals surface area contributed by atoms with Crippen LogP contribution in [0.15, 0.2) is 42.9 Å². The number of benzene rings is 1. The highest BCUT2D eigenvalue weighted by Crippen LogP contribution is 2.07. The minimum atomic E-state index is 0.0828. The van der Waals surface area contributed by atoms with Gasteiger partial charge in [0.2, 0.25) is 0 Å². The van der Waals surface area contributed by atoms with Gasteiger partial charge in [-0.25, -0.2) is 4.98 Å². The summed E-state index contributed by atoms with van der Waals surface area (Å²) < 4.78 is 0. The van der Waals surface area contributed by atoms with Gasteiger partial charge in [-0.05, 0) is 19.1 Å². The second kappa shape index (κ2) is 5.62. The fourth-order valence-corrected chi connectivity index (χ4v) is 1.84. The van der Waals surface area contributed by atoms with Gasteiger partial charge in [0, 0.05) is 6.54 Å². The lowest BCUT2D eigenvalue weighted by Gasteiger charge is -2.08. The van der Waals surface area contributed by atoms with E-state index in [-0.39, 0.29) is 6.04 Å². The van der Waals surface area contributed by atoms with Crippen LogP contribution in [0.3, 0.4) is 0 Å². The predicted octanol–water partition coefficient (Wildman–Crippen LogP) is 1.24. The summed E-state index contributed by atoms with van der Waals surface area (Å²) in [7, 11) is 0. The van der Waals surface area contributed by atoms with Gasteiger partial charge in [-0.1, -0.05) is 18.2 Å². The Kier molecular flexibility index (Phi) is 3.51. The maximum Gasteiger partial charge on any atom is 0.141 e. The van der Waals surface area contributed by atoms with E-state index < -0.39 is 0 Å². The molecule has 0 amide bonds. The fraction of sp³-hybridized carbons (Fsp3) is 0.231. The third-order valence-electron chi connectivity index (χ3n) is 2.96. The van der Waals surface area contributed by atoms with Gasteiger partial charge in [0.05, 0.1) is 23.6 Å². The van der Waals surface area contributed by atoms with E-state index in [0.29, 0.717) is 6.54 Å². The molecule has 1 atom stereocenters. The zero-order valence-corrected chi connectivity index (χ0v) is 11.1. The number of rotatable bonds is 5. The molecule has 2 aromatic heterocycles. The van der Waals surface area contributed by atoms with E-state index >= 15 is 0 Å². The van der Waals surface area contributed by atoms with Crippen LogP contribution in [0.4, 0.5) is 0 Å². The zero-order chi connectivity index (χ0) is 13.8. The maximum absolute atomic E-state index is 4.43. The van der Waals surface area contributed by atoms with Crippen molar-refractivity contribution < 1.29 is 0 Å². The largest absolute Gasteiger partial charge is 0.302 e. The molecule has 7 nitrogen and oxygen atoms in total. The van der Waals surface area contributed by atoms with Crippen molar-refractivity contribution in [2.24, 2.45) is 0 Å². The number of H-pyrrole nitrogens is 1. The predicted molar refractivity (Wildman–Crippen MR) is 73.0 cm³/mol. The van der Waals surface area contributed by atoms with Gasteiger partial charge in [-0.2, -0.15) is 20.1 Å². The van der Waals surface area contributed by atoms with E-state index in [0.717, 1.165) is 17.2 Å². The Hall–Kier alpha value is -2.54. The van der Waals surface area contributed by atoms with E-state index in [1.165, 1.54) is 6.33 Å². The Bertz CT molecular complexity index is 644. The average molecular weight is 269 g/mol. The Morgan fingerprint density at radius 3 is 2.90 bits per heavy atom. The summed E-state index contributed by atoms with van der Waals surface area (Å²) in [6, 6.07) is 9.90. The molecule has 0 saturated carbocycles. The summed E-state index contributed by atoms with van der Waals surface area (Å²) in [4.78, 5) is 5.73. The molecular formula is C13H15N7. The van der Waals surface area contributed by atoms with Crippen molar-refractivity contribution in [3.05, 3.63) is 54.4 Å². The van der Waals surface area contributed by atoms with Crippen LogP contribution in [-0.2, 0) is 6.54 Å². The van der Waals surface area contributed by atoms with Crippen LogP contribution >= 0.6 is 0 Å². The monoisotopic (exact) mass is 269 g/mol. The molecule has 0 bridgehead atoms. The molecule has 0 saturated heterocycles. The summed E-state index contributed by atoms with van der Waals surface area (Å²) in [5.74, 6) is 0.806. The molecule has 3 aromatic rings. The number of nitrogens with one attached hydrogen (secondary N) is 2. The second-order valence-electron chi connectivity index (χ2n) is 4.43. The molecular weight excluding hydrogens is 254 g/mol. The number of para-hydroxylation sites is 1. The van der Waals surface area contributed by atoms with Gasteiger partial charge < -0.3 is 5.32 Å². The van der Waals surface area contributed by atoms with Gasteiger partial charge in [0.15, 0.2) is 0 Å². The molecule has 2 N–H and O–H groups in total. The van der Waals surface area contributed by atoms with E-state index in [4.69, 9.17) is 0 Å². The summed E-state index contributed by atoms with van der Waals surface area (Å²) in [6.07, 6.45) is 3.26. The van der Waals surface area contributed by atoms with Crippen molar-refractivity contribution in [2.45, 2.75) is 19.5 Å². The molecule has 1 unspecified atom stereocenters. The van der Waals surface area contributed by atoms with Crippen LogP contribution in [0.25, 0.3) is 5.69 Å². The summed E-state index contributed by atoms with van der Waals surface area (Å²) >= 11 is 0. The Balaban J connectivity index is 1.63. The highest BCUT2D eigenvalue weighted by molar-refractivity contribution is 5.28. The van der Waals surface area contributed by atoms with Crippen LogP contribution < -0.4 is 5.32 Å². The average Bonchev–Trinajstić information content (AvgIpc) is 3.17. The minimum Gasteiger partial charge on any atom is -0.302 e. The quantitative estimate of drug-likeness (QED) is 0.728. The van der Waals surface area contributed by atoms with E-state index in [9.17, 15) is 0 Å². The molecule has 0 aliphatic rings. The standard InChI is InChI=1S/C13H15N7/c1-10(13-15-9-16-18-13)14-7-11-8-17-20(19-11)12-5-3-2-4-6-12/h2-6,8-10,14H,7H2,1H3,(H,15,16,18). The Morgan fingerprint density at radius 2 is 2.15 bits per heavy atom. The van der Waals surface area contributed by atoms with Gasteiger partial charge in [-0.15, -0.1) is 0 Å². The van der Waals surface area contributed by atoms with Crippen molar-refractivity contribution in [1.82, 2.24) is 35.5 Å². The van der Waals surface area contributed by atoms with Crippen molar-refractivity contribution in [3.8, 4) is 5.69 Å². The molecule has 3 rings (SSSR count). The second-order valence-corrected chi connectivity index (χ2v) is 4.43. The molecule has 0 fully saturated rings. The molecule has 20 heavy (non-hydrogen) atoms. The first-order valence-electron chi connectivity index (χ1n) is 6.38. The van der Waals surface area contributed by atoms with Crippen LogP contribution in [0.5, 0.6) is 0 Å². The number of hydrogen-bond donors (Lipinski definition) is 2. The SMILES string of the molecule is CC(NCc1cnn(-c2ccccc2)n1)c1ncn[nH]1. The van der Waals surface area contributed by atoms with Crippen molar-refractivity contribution in [2.75, 3.05) is 0 Å². The highest BCUT2D eigenvalue weighted by atomic mass is 15.5. The Morgan fingerprint density at radius 1 is 1.30 bits per heavy atom. The zero-order valence-electron chi connectivity index (χ0n) is 11.1. The Labute approximate surface area is 116 Å². The van der Waals surface area contributed by atoms with Crippen molar-refractivity contribution in [1.29, 1.82) is 0 Å². The van der Waals surface area contributed by atoms with Gasteiger partial charge in [0.1, 0.15) is 12.2 Å². The molecule has 0 radical (unpaired) electrons. The van der Waals surface area contributed by atoms with E-state index in [2.05, 4.69) is 30.7 Å². The van der Waals surface area contributed by atoms with Crippen LogP contribution in [0.1, 0.15) is 24.5 Å². The topological polar surface area (TPSA) is 84.3 Å².